The molecule has 0 aromatic rings. The molecular formula is C11H24N2O2S. The molecular weight excluding hydrogens is 224 g/mol. The zero-order valence-corrected chi connectivity index (χ0v) is 11.1. The molecule has 0 saturated heterocycles. The maximum absolute atomic E-state index is 11.3. The van der Waals surface area contributed by atoms with Crippen LogP contribution in [-0.4, -0.2) is 36.5 Å². The number of rotatable bonds is 10. The highest BCUT2D eigenvalue weighted by Crippen LogP contribution is 1.99. The second kappa shape index (κ2) is 11.2. The third kappa shape index (κ3) is 11.8. The van der Waals surface area contributed by atoms with Crippen molar-refractivity contribution in [1.29, 1.82) is 0 Å². The predicted molar refractivity (Wildman–Crippen MR) is 69.2 cm³/mol. The molecule has 0 atom stereocenters. The van der Waals surface area contributed by atoms with E-state index in [9.17, 15) is 4.79 Å². The number of nitrogens with one attached hydrogen (secondary N) is 2. The second-order valence-electron chi connectivity index (χ2n) is 4.12. The van der Waals surface area contributed by atoms with Gasteiger partial charge in [0.25, 0.3) is 0 Å². The quantitative estimate of drug-likeness (QED) is 0.401. The Kier molecular flexibility index (Phi) is 11.0. The van der Waals surface area contributed by atoms with Crippen molar-refractivity contribution in [2.24, 2.45) is 5.92 Å². The average Bonchev–Trinajstić information content (AvgIpc) is 2.23. The van der Waals surface area contributed by atoms with Gasteiger partial charge in [-0.25, -0.2) is 0 Å². The summed E-state index contributed by atoms with van der Waals surface area (Å²) in [6, 6.07) is 0. The van der Waals surface area contributed by atoms with Crippen LogP contribution in [0.3, 0.4) is 0 Å². The third-order valence-electron chi connectivity index (χ3n) is 1.93. The summed E-state index contributed by atoms with van der Waals surface area (Å²) in [4.78, 5) is 11.3. The standard InChI is InChI=1S/C11H24N2O2S/c1-10(2)9-13-16-8-5-11(15)12-6-3-4-7-14/h10,13-14H,3-9H2,1-2H3,(H,12,15). The van der Waals surface area contributed by atoms with Gasteiger partial charge in [0.05, 0.1) is 0 Å². The third-order valence-corrected chi connectivity index (χ3v) is 2.71. The van der Waals surface area contributed by atoms with Crippen molar-refractivity contribution in [2.45, 2.75) is 33.1 Å². The van der Waals surface area contributed by atoms with Gasteiger partial charge < -0.3 is 10.4 Å². The van der Waals surface area contributed by atoms with E-state index in [0.29, 0.717) is 18.9 Å². The molecule has 0 aliphatic carbocycles. The minimum absolute atomic E-state index is 0.0942. The fourth-order valence-electron chi connectivity index (χ4n) is 0.994. The van der Waals surface area contributed by atoms with Gasteiger partial charge in [0, 0.05) is 31.9 Å². The summed E-state index contributed by atoms with van der Waals surface area (Å²) in [6.07, 6.45) is 2.15. The molecule has 0 radical (unpaired) electrons. The number of unbranched alkanes of at least 4 members (excludes halogenated alkanes) is 1. The highest BCUT2D eigenvalue weighted by Gasteiger charge is 2.00. The van der Waals surface area contributed by atoms with Gasteiger partial charge >= 0.3 is 0 Å². The molecule has 0 aliphatic heterocycles. The van der Waals surface area contributed by atoms with E-state index in [1.54, 1.807) is 11.9 Å². The SMILES string of the molecule is CC(C)CNSCCC(=O)NCCCCO. The number of carbonyl (C=O) groups excluding carboxylic acids is 1. The van der Waals surface area contributed by atoms with Gasteiger partial charge in [-0.3, -0.25) is 9.52 Å². The minimum atomic E-state index is 0.0942. The maximum Gasteiger partial charge on any atom is 0.220 e. The molecule has 96 valence electrons. The number of hydrogen-bond donors (Lipinski definition) is 3. The van der Waals surface area contributed by atoms with Crippen molar-refractivity contribution in [3.63, 3.8) is 0 Å². The molecule has 0 aliphatic rings. The number of hydrogen-bond acceptors (Lipinski definition) is 4. The Morgan fingerprint density at radius 2 is 2.12 bits per heavy atom. The van der Waals surface area contributed by atoms with Crippen LogP contribution in [0.15, 0.2) is 0 Å². The van der Waals surface area contributed by atoms with Crippen LogP contribution >= 0.6 is 11.9 Å². The molecule has 0 heterocycles. The second-order valence-corrected chi connectivity index (χ2v) is 5.11. The lowest BCUT2D eigenvalue weighted by molar-refractivity contribution is -0.120. The van der Waals surface area contributed by atoms with Gasteiger partial charge in [-0.1, -0.05) is 25.8 Å². The molecule has 0 aromatic heterocycles. The van der Waals surface area contributed by atoms with Gasteiger partial charge in [-0.15, -0.1) is 0 Å². The van der Waals surface area contributed by atoms with Gasteiger partial charge in [0.1, 0.15) is 0 Å². The molecule has 16 heavy (non-hydrogen) atoms. The molecule has 3 N–H and O–H groups in total. The van der Waals surface area contributed by atoms with E-state index in [4.69, 9.17) is 5.11 Å². The molecule has 0 bridgehead atoms. The number of amides is 1. The van der Waals surface area contributed by atoms with Crippen LogP contribution < -0.4 is 10.0 Å². The topological polar surface area (TPSA) is 61.4 Å². The molecule has 4 nitrogen and oxygen atoms in total. The Balaban J connectivity index is 3.17. The van der Waals surface area contributed by atoms with Crippen LogP contribution in [0.25, 0.3) is 0 Å². The summed E-state index contributed by atoms with van der Waals surface area (Å²) in [5.41, 5.74) is 0. The van der Waals surface area contributed by atoms with Crippen LogP contribution in [0.1, 0.15) is 33.1 Å². The molecule has 0 rings (SSSR count). The Labute approximate surface area is 103 Å². The molecule has 1 amide bonds. The zero-order chi connectivity index (χ0) is 12.2. The first-order valence-electron chi connectivity index (χ1n) is 5.89. The van der Waals surface area contributed by atoms with Gasteiger partial charge in [-0.05, 0) is 18.8 Å². The van der Waals surface area contributed by atoms with E-state index in [0.717, 1.165) is 25.1 Å². The monoisotopic (exact) mass is 248 g/mol. The Hall–Kier alpha value is -0.260. The molecule has 0 saturated carbocycles. The van der Waals surface area contributed by atoms with Crippen molar-refractivity contribution in [2.75, 3.05) is 25.4 Å². The molecule has 5 heteroatoms. The van der Waals surface area contributed by atoms with E-state index in [1.165, 1.54) is 0 Å². The highest BCUT2D eigenvalue weighted by atomic mass is 32.2. The van der Waals surface area contributed by atoms with Crippen LogP contribution in [-0.2, 0) is 4.79 Å². The fourth-order valence-corrected chi connectivity index (χ4v) is 1.88. The van der Waals surface area contributed by atoms with Crippen molar-refractivity contribution in [3.8, 4) is 0 Å². The summed E-state index contributed by atoms with van der Waals surface area (Å²) < 4.78 is 3.22. The number of aliphatic hydroxyl groups excluding tert-OH is 1. The Morgan fingerprint density at radius 3 is 2.75 bits per heavy atom. The van der Waals surface area contributed by atoms with Crippen molar-refractivity contribution in [1.82, 2.24) is 10.0 Å². The van der Waals surface area contributed by atoms with Gasteiger partial charge in [0.15, 0.2) is 0 Å². The van der Waals surface area contributed by atoms with E-state index >= 15 is 0 Å². The molecule has 0 fully saturated rings. The van der Waals surface area contributed by atoms with Gasteiger partial charge in [-0.2, -0.15) is 0 Å². The Bertz CT molecular complexity index is 177. The lowest BCUT2D eigenvalue weighted by Crippen LogP contribution is -2.25. The predicted octanol–water partition coefficient (Wildman–Crippen LogP) is 1.16. The lowest BCUT2D eigenvalue weighted by Gasteiger charge is -2.07. The van der Waals surface area contributed by atoms with Gasteiger partial charge in [0.2, 0.25) is 5.91 Å². The van der Waals surface area contributed by atoms with E-state index in [-0.39, 0.29) is 12.5 Å². The maximum atomic E-state index is 11.3. The number of carbonyl (C=O) groups is 1. The van der Waals surface area contributed by atoms with Crippen LogP contribution in [0, 0.1) is 5.92 Å². The first-order chi connectivity index (χ1) is 7.66. The van der Waals surface area contributed by atoms with E-state index < -0.39 is 0 Å². The summed E-state index contributed by atoms with van der Waals surface area (Å²) in [7, 11) is 0. The highest BCUT2D eigenvalue weighted by molar-refractivity contribution is 7.97. The first kappa shape index (κ1) is 15.7. The minimum Gasteiger partial charge on any atom is -0.396 e. The first-order valence-corrected chi connectivity index (χ1v) is 6.87. The fraction of sp³-hybridized carbons (Fsp3) is 0.909. The van der Waals surface area contributed by atoms with E-state index in [2.05, 4.69) is 23.9 Å². The molecule has 0 aromatic carbocycles. The smallest absolute Gasteiger partial charge is 0.220 e. The van der Waals surface area contributed by atoms with Crippen molar-refractivity contribution < 1.29 is 9.90 Å². The average molecular weight is 248 g/mol. The number of aliphatic hydroxyl groups is 1. The molecule has 0 spiro atoms. The summed E-state index contributed by atoms with van der Waals surface area (Å²) in [5.74, 6) is 1.54. The van der Waals surface area contributed by atoms with Crippen LogP contribution in [0.4, 0.5) is 0 Å². The van der Waals surface area contributed by atoms with Crippen LogP contribution in [0.2, 0.25) is 0 Å². The van der Waals surface area contributed by atoms with Crippen molar-refractivity contribution in [3.05, 3.63) is 0 Å². The van der Waals surface area contributed by atoms with Crippen LogP contribution in [0.5, 0.6) is 0 Å². The molecule has 0 unspecified atom stereocenters. The summed E-state index contributed by atoms with van der Waals surface area (Å²) >= 11 is 1.60. The Morgan fingerprint density at radius 1 is 1.38 bits per heavy atom. The van der Waals surface area contributed by atoms with E-state index in [1.807, 2.05) is 0 Å². The van der Waals surface area contributed by atoms with Crippen molar-refractivity contribution >= 4 is 17.9 Å². The lowest BCUT2D eigenvalue weighted by atomic mass is 10.2. The summed E-state index contributed by atoms with van der Waals surface area (Å²) in [6.45, 7) is 6.15. The summed E-state index contributed by atoms with van der Waals surface area (Å²) in [5, 5.41) is 11.4. The normalized spacial score (nSPS) is 10.8. The largest absolute Gasteiger partial charge is 0.396 e. The zero-order valence-electron chi connectivity index (χ0n) is 10.3.